The van der Waals surface area contributed by atoms with Crippen molar-refractivity contribution in [3.63, 3.8) is 0 Å². The Morgan fingerprint density at radius 3 is 2.91 bits per heavy atom. The molecule has 3 nitrogen and oxygen atoms in total. The maximum Gasteiger partial charge on any atom is 0.290 e. The highest BCUT2D eigenvalue weighted by molar-refractivity contribution is 5.19. The molecule has 1 heterocycles. The molecule has 3 heteroatoms. The Hall–Kier alpha value is -1.51. The molecule has 1 rings (SSSR count). The second-order valence-corrected chi connectivity index (χ2v) is 2.19. The van der Waals surface area contributed by atoms with Crippen molar-refractivity contribution in [1.82, 2.24) is 4.98 Å². The van der Waals surface area contributed by atoms with Crippen LogP contribution in [0.3, 0.4) is 0 Å². The Morgan fingerprint density at radius 1 is 1.64 bits per heavy atom. The number of pyridine rings is 1. The van der Waals surface area contributed by atoms with Gasteiger partial charge in [-0.3, -0.25) is 4.79 Å². The predicted molar refractivity (Wildman–Crippen MR) is 42.6 cm³/mol. The topological polar surface area (TPSA) is 53.1 Å². The number of hydrogen-bond acceptors (Lipinski definition) is 2. The standard InChI is InChI=1S/C8H9NO2/c1-2-3-6-4-5-7(10)8(11)9-6/h2,4-5,10H,1,3H2,(H,9,11). The number of aromatic amines is 1. The number of aromatic hydroxyl groups is 1. The van der Waals surface area contributed by atoms with Crippen LogP contribution < -0.4 is 5.56 Å². The van der Waals surface area contributed by atoms with Crippen molar-refractivity contribution in [3.05, 3.63) is 40.8 Å². The van der Waals surface area contributed by atoms with Crippen molar-refractivity contribution in [2.24, 2.45) is 0 Å². The number of rotatable bonds is 2. The molecule has 0 saturated carbocycles. The van der Waals surface area contributed by atoms with Gasteiger partial charge in [0, 0.05) is 12.1 Å². The maximum absolute atomic E-state index is 10.8. The Balaban J connectivity index is 3.05. The second kappa shape index (κ2) is 3.05. The van der Waals surface area contributed by atoms with Gasteiger partial charge in [-0.2, -0.15) is 0 Å². The van der Waals surface area contributed by atoms with E-state index in [0.29, 0.717) is 6.42 Å². The van der Waals surface area contributed by atoms with Gasteiger partial charge in [-0.15, -0.1) is 6.58 Å². The van der Waals surface area contributed by atoms with Gasteiger partial charge in [0.1, 0.15) is 0 Å². The number of aromatic nitrogens is 1. The predicted octanol–water partition coefficient (Wildman–Crippen LogP) is 0.809. The molecule has 0 aliphatic carbocycles. The molecule has 0 aromatic carbocycles. The van der Waals surface area contributed by atoms with Gasteiger partial charge in [0.05, 0.1) is 0 Å². The van der Waals surface area contributed by atoms with E-state index in [-0.39, 0.29) is 5.75 Å². The lowest BCUT2D eigenvalue weighted by atomic mass is 10.3. The average Bonchev–Trinajstić information content (AvgIpc) is 1.98. The van der Waals surface area contributed by atoms with Crippen molar-refractivity contribution in [3.8, 4) is 5.75 Å². The van der Waals surface area contributed by atoms with Crippen LogP contribution in [0, 0.1) is 0 Å². The highest BCUT2D eigenvalue weighted by atomic mass is 16.3. The SMILES string of the molecule is C=CCc1ccc(O)c(=O)[nH]1. The van der Waals surface area contributed by atoms with Crippen molar-refractivity contribution in [2.45, 2.75) is 6.42 Å². The van der Waals surface area contributed by atoms with Gasteiger partial charge in [-0.25, -0.2) is 0 Å². The van der Waals surface area contributed by atoms with Crippen LogP contribution in [0.5, 0.6) is 5.75 Å². The summed E-state index contributed by atoms with van der Waals surface area (Å²) in [6, 6.07) is 3.02. The minimum Gasteiger partial charge on any atom is -0.503 e. The molecule has 1 aromatic heterocycles. The Kier molecular flexibility index (Phi) is 2.11. The van der Waals surface area contributed by atoms with Crippen molar-refractivity contribution >= 4 is 0 Å². The van der Waals surface area contributed by atoms with E-state index in [2.05, 4.69) is 11.6 Å². The third kappa shape index (κ3) is 1.70. The van der Waals surface area contributed by atoms with Crippen LogP contribution in [0.25, 0.3) is 0 Å². The van der Waals surface area contributed by atoms with Gasteiger partial charge in [0.25, 0.3) is 5.56 Å². The minimum absolute atomic E-state index is 0.252. The summed E-state index contributed by atoms with van der Waals surface area (Å²) in [7, 11) is 0. The van der Waals surface area contributed by atoms with Crippen LogP contribution in [-0.4, -0.2) is 10.1 Å². The van der Waals surface area contributed by atoms with E-state index in [4.69, 9.17) is 5.11 Å². The number of hydrogen-bond donors (Lipinski definition) is 2. The van der Waals surface area contributed by atoms with E-state index in [1.54, 1.807) is 12.1 Å². The zero-order valence-corrected chi connectivity index (χ0v) is 6.00. The van der Waals surface area contributed by atoms with E-state index < -0.39 is 5.56 Å². The molecular weight excluding hydrogens is 142 g/mol. The first-order chi connectivity index (χ1) is 5.24. The van der Waals surface area contributed by atoms with Crippen LogP contribution in [0.2, 0.25) is 0 Å². The Morgan fingerprint density at radius 2 is 2.36 bits per heavy atom. The fourth-order valence-corrected chi connectivity index (χ4v) is 0.781. The molecule has 0 atom stereocenters. The first-order valence-corrected chi connectivity index (χ1v) is 3.26. The van der Waals surface area contributed by atoms with Gasteiger partial charge in [-0.05, 0) is 12.1 Å². The first kappa shape index (κ1) is 7.60. The summed E-state index contributed by atoms with van der Waals surface area (Å²) >= 11 is 0. The molecule has 58 valence electrons. The van der Waals surface area contributed by atoms with Crippen molar-refractivity contribution < 1.29 is 5.11 Å². The zero-order chi connectivity index (χ0) is 8.27. The summed E-state index contributed by atoms with van der Waals surface area (Å²) in [5.41, 5.74) is 0.298. The van der Waals surface area contributed by atoms with Gasteiger partial charge < -0.3 is 10.1 Å². The quantitative estimate of drug-likeness (QED) is 0.614. The summed E-state index contributed by atoms with van der Waals surface area (Å²) in [4.78, 5) is 13.3. The molecule has 0 unspecified atom stereocenters. The smallest absolute Gasteiger partial charge is 0.290 e. The molecule has 0 aliphatic heterocycles. The lowest BCUT2D eigenvalue weighted by Crippen LogP contribution is -2.06. The van der Waals surface area contributed by atoms with Crippen LogP contribution in [0.15, 0.2) is 29.6 Å². The molecular formula is C8H9NO2. The van der Waals surface area contributed by atoms with Crippen LogP contribution in [0.4, 0.5) is 0 Å². The van der Waals surface area contributed by atoms with Crippen LogP contribution in [-0.2, 0) is 6.42 Å². The normalized spacial score (nSPS) is 9.45. The molecule has 11 heavy (non-hydrogen) atoms. The van der Waals surface area contributed by atoms with Crippen molar-refractivity contribution in [1.29, 1.82) is 0 Å². The van der Waals surface area contributed by atoms with E-state index in [1.807, 2.05) is 0 Å². The zero-order valence-electron chi connectivity index (χ0n) is 6.00. The molecule has 2 N–H and O–H groups in total. The van der Waals surface area contributed by atoms with Crippen molar-refractivity contribution in [2.75, 3.05) is 0 Å². The number of nitrogens with one attached hydrogen (secondary N) is 1. The highest BCUT2D eigenvalue weighted by Gasteiger charge is 1.95. The summed E-state index contributed by atoms with van der Waals surface area (Å²) < 4.78 is 0. The van der Waals surface area contributed by atoms with Gasteiger partial charge in [0.2, 0.25) is 0 Å². The van der Waals surface area contributed by atoms with E-state index in [9.17, 15) is 4.79 Å². The highest BCUT2D eigenvalue weighted by Crippen LogP contribution is 2.00. The minimum atomic E-state index is -0.454. The number of H-pyrrole nitrogens is 1. The van der Waals surface area contributed by atoms with Crippen LogP contribution >= 0.6 is 0 Å². The van der Waals surface area contributed by atoms with Gasteiger partial charge >= 0.3 is 0 Å². The van der Waals surface area contributed by atoms with Gasteiger partial charge in [0.15, 0.2) is 5.75 Å². The summed E-state index contributed by atoms with van der Waals surface area (Å²) in [6.07, 6.45) is 2.29. The largest absolute Gasteiger partial charge is 0.503 e. The molecule has 0 saturated heterocycles. The molecule has 0 bridgehead atoms. The lowest BCUT2D eigenvalue weighted by Gasteiger charge is -1.95. The molecule has 0 radical (unpaired) electrons. The number of allylic oxidation sites excluding steroid dienone is 1. The Bertz CT molecular complexity index is 314. The fourth-order valence-electron chi connectivity index (χ4n) is 0.781. The lowest BCUT2D eigenvalue weighted by molar-refractivity contribution is 0.466. The van der Waals surface area contributed by atoms with Crippen LogP contribution in [0.1, 0.15) is 5.69 Å². The molecule has 0 spiro atoms. The maximum atomic E-state index is 10.8. The second-order valence-electron chi connectivity index (χ2n) is 2.19. The fraction of sp³-hybridized carbons (Fsp3) is 0.125. The summed E-state index contributed by atoms with van der Waals surface area (Å²) in [5.74, 6) is -0.252. The Labute approximate surface area is 64.0 Å². The third-order valence-corrected chi connectivity index (χ3v) is 1.31. The van der Waals surface area contributed by atoms with E-state index >= 15 is 0 Å². The first-order valence-electron chi connectivity index (χ1n) is 3.26. The molecule has 1 aromatic rings. The average molecular weight is 151 g/mol. The third-order valence-electron chi connectivity index (χ3n) is 1.31. The monoisotopic (exact) mass is 151 g/mol. The molecule has 0 fully saturated rings. The van der Waals surface area contributed by atoms with Gasteiger partial charge in [-0.1, -0.05) is 6.08 Å². The summed E-state index contributed by atoms with van der Waals surface area (Å²) in [6.45, 7) is 3.52. The van der Waals surface area contributed by atoms with E-state index in [0.717, 1.165) is 5.69 Å². The molecule has 0 amide bonds. The summed E-state index contributed by atoms with van der Waals surface area (Å²) in [5, 5.41) is 8.84. The molecule has 0 aliphatic rings. The van der Waals surface area contributed by atoms with E-state index in [1.165, 1.54) is 6.07 Å².